The predicted molar refractivity (Wildman–Crippen MR) is 127 cm³/mol. The number of hydrogen-bond donors (Lipinski definition) is 4. The van der Waals surface area contributed by atoms with Crippen molar-refractivity contribution in [3.8, 4) is 11.8 Å². The Morgan fingerprint density at radius 1 is 0.618 bits per heavy atom. The molecule has 6 aromatic rings. The lowest BCUT2D eigenvalue weighted by Gasteiger charge is -1.96. The van der Waals surface area contributed by atoms with Crippen molar-refractivity contribution < 1.29 is 19.8 Å². The average Bonchev–Trinajstić information content (AvgIpc) is 3.39. The van der Waals surface area contributed by atoms with Crippen molar-refractivity contribution in [3.05, 3.63) is 83.4 Å². The molecule has 0 amide bonds. The molecule has 0 saturated heterocycles. The van der Waals surface area contributed by atoms with Crippen molar-refractivity contribution in [1.29, 1.82) is 0 Å². The van der Waals surface area contributed by atoms with E-state index >= 15 is 0 Å². The van der Waals surface area contributed by atoms with Gasteiger partial charge >= 0.3 is 11.9 Å². The molecule has 0 aliphatic heterocycles. The van der Waals surface area contributed by atoms with E-state index in [2.05, 4.69) is 31.8 Å². The molecule has 0 aliphatic rings. The number of pyridine rings is 2. The Kier molecular flexibility index (Phi) is 4.12. The molecule has 0 unspecified atom stereocenters. The zero-order chi connectivity index (χ0) is 23.4. The van der Waals surface area contributed by atoms with Crippen LogP contribution in [0.2, 0.25) is 0 Å². The van der Waals surface area contributed by atoms with Crippen LogP contribution in [0.3, 0.4) is 0 Å². The molecule has 0 spiro atoms. The highest BCUT2D eigenvalue weighted by atomic mass is 16.4. The molecule has 4 aromatic heterocycles. The zero-order valence-electron chi connectivity index (χ0n) is 17.4. The second-order valence-corrected chi connectivity index (χ2v) is 7.86. The Balaban J connectivity index is 1.43. The minimum Gasteiger partial charge on any atom is -0.477 e. The summed E-state index contributed by atoms with van der Waals surface area (Å²) in [7, 11) is 0. The maximum absolute atomic E-state index is 11.3. The van der Waals surface area contributed by atoms with E-state index in [1.165, 1.54) is 12.4 Å². The van der Waals surface area contributed by atoms with Gasteiger partial charge in [0, 0.05) is 43.7 Å². The standard InChI is InChI=1S/C26H14N4O4/c31-25(32)21-9-17-15-7-13(3-5-19(15)29-23(17)11-27-21)1-2-14-4-6-20-16(8-14)18-10-22(26(33)34)28-12-24(18)30-20/h3-12,29-30H,(H,31,32)(H,33,34). The van der Waals surface area contributed by atoms with Gasteiger partial charge in [-0.15, -0.1) is 0 Å². The van der Waals surface area contributed by atoms with Crippen LogP contribution in [0.5, 0.6) is 0 Å². The minimum absolute atomic E-state index is 0.0156. The topological polar surface area (TPSA) is 132 Å². The number of fused-ring (bicyclic) bond motifs is 6. The fourth-order valence-electron chi connectivity index (χ4n) is 4.13. The molecular weight excluding hydrogens is 432 g/mol. The number of carboxylic acids is 2. The number of aromatic nitrogens is 4. The van der Waals surface area contributed by atoms with Crippen molar-refractivity contribution >= 4 is 55.6 Å². The minimum atomic E-state index is -1.08. The van der Waals surface area contributed by atoms with Crippen LogP contribution in [-0.4, -0.2) is 42.1 Å². The fourth-order valence-corrected chi connectivity index (χ4v) is 4.13. The van der Waals surface area contributed by atoms with E-state index in [0.29, 0.717) is 0 Å². The van der Waals surface area contributed by atoms with E-state index in [9.17, 15) is 19.8 Å². The van der Waals surface area contributed by atoms with Crippen LogP contribution in [0, 0.1) is 11.8 Å². The van der Waals surface area contributed by atoms with E-state index in [1.807, 2.05) is 36.4 Å². The maximum atomic E-state index is 11.3. The number of nitrogens with one attached hydrogen (secondary N) is 2. The molecule has 0 radical (unpaired) electrons. The largest absolute Gasteiger partial charge is 0.477 e. The van der Waals surface area contributed by atoms with Crippen LogP contribution < -0.4 is 0 Å². The average molecular weight is 446 g/mol. The van der Waals surface area contributed by atoms with Gasteiger partial charge in [0.15, 0.2) is 0 Å². The number of H-pyrrole nitrogens is 2. The SMILES string of the molecule is O=C(O)c1cc2c(cn1)[nH]c1ccc(C#Cc3ccc4[nH]c5cnc(C(=O)O)cc5c4c3)cc12. The lowest BCUT2D eigenvalue weighted by Crippen LogP contribution is -1.98. The van der Waals surface area contributed by atoms with Gasteiger partial charge in [-0.1, -0.05) is 11.8 Å². The highest BCUT2D eigenvalue weighted by molar-refractivity contribution is 6.10. The van der Waals surface area contributed by atoms with Gasteiger partial charge in [0.1, 0.15) is 11.4 Å². The molecule has 162 valence electrons. The van der Waals surface area contributed by atoms with E-state index in [-0.39, 0.29) is 11.4 Å². The molecule has 8 nitrogen and oxygen atoms in total. The summed E-state index contributed by atoms with van der Waals surface area (Å²) in [6.45, 7) is 0. The van der Waals surface area contributed by atoms with Crippen LogP contribution in [0.1, 0.15) is 32.1 Å². The van der Waals surface area contributed by atoms with Crippen molar-refractivity contribution in [2.75, 3.05) is 0 Å². The second kappa shape index (κ2) is 7.18. The smallest absolute Gasteiger partial charge is 0.354 e. The van der Waals surface area contributed by atoms with Crippen LogP contribution >= 0.6 is 0 Å². The molecule has 0 bridgehead atoms. The van der Waals surface area contributed by atoms with E-state index < -0.39 is 11.9 Å². The fraction of sp³-hybridized carbons (Fsp3) is 0. The molecule has 0 fully saturated rings. The molecule has 0 aliphatic carbocycles. The number of hydrogen-bond acceptors (Lipinski definition) is 4. The quantitative estimate of drug-likeness (QED) is 0.289. The van der Waals surface area contributed by atoms with Crippen molar-refractivity contribution in [2.45, 2.75) is 0 Å². The van der Waals surface area contributed by atoms with Crippen LogP contribution in [0.25, 0.3) is 43.6 Å². The highest BCUT2D eigenvalue weighted by Gasteiger charge is 2.11. The molecule has 4 heterocycles. The van der Waals surface area contributed by atoms with Gasteiger partial charge in [-0.05, 0) is 48.5 Å². The molecule has 34 heavy (non-hydrogen) atoms. The zero-order valence-corrected chi connectivity index (χ0v) is 17.4. The van der Waals surface area contributed by atoms with Crippen molar-refractivity contribution in [1.82, 2.24) is 19.9 Å². The Labute approximate surface area is 190 Å². The van der Waals surface area contributed by atoms with Crippen LogP contribution in [0.4, 0.5) is 0 Å². The van der Waals surface area contributed by atoms with E-state index in [0.717, 1.165) is 54.7 Å². The Bertz CT molecular complexity index is 1750. The highest BCUT2D eigenvalue weighted by Crippen LogP contribution is 2.28. The number of carbonyl (C=O) groups is 2. The van der Waals surface area contributed by atoms with Gasteiger partial charge < -0.3 is 20.2 Å². The Hall–Kier alpha value is -5.16. The number of aromatic amines is 2. The summed E-state index contributed by atoms with van der Waals surface area (Å²) < 4.78 is 0. The van der Waals surface area contributed by atoms with Gasteiger partial charge in [0.25, 0.3) is 0 Å². The molecule has 6 rings (SSSR count). The van der Waals surface area contributed by atoms with Gasteiger partial charge in [-0.25, -0.2) is 19.6 Å². The van der Waals surface area contributed by atoms with Crippen molar-refractivity contribution in [3.63, 3.8) is 0 Å². The first-order valence-corrected chi connectivity index (χ1v) is 10.3. The number of benzene rings is 2. The summed E-state index contributed by atoms with van der Waals surface area (Å²) >= 11 is 0. The van der Waals surface area contributed by atoms with Crippen molar-refractivity contribution in [2.24, 2.45) is 0 Å². The lowest BCUT2D eigenvalue weighted by atomic mass is 10.1. The molecule has 4 N–H and O–H groups in total. The number of rotatable bonds is 2. The lowest BCUT2D eigenvalue weighted by molar-refractivity contribution is 0.0680. The summed E-state index contributed by atoms with van der Waals surface area (Å²) in [6.07, 6.45) is 3.04. The normalized spacial score (nSPS) is 11.2. The van der Waals surface area contributed by atoms with Gasteiger partial charge in [-0.3, -0.25) is 0 Å². The summed E-state index contributed by atoms with van der Waals surface area (Å²) in [6, 6.07) is 14.5. The van der Waals surface area contributed by atoms with E-state index in [1.54, 1.807) is 12.1 Å². The van der Waals surface area contributed by atoms with Crippen LogP contribution in [-0.2, 0) is 0 Å². The summed E-state index contributed by atoms with van der Waals surface area (Å²) in [5.41, 5.74) is 4.77. The first-order chi connectivity index (χ1) is 16.5. The third kappa shape index (κ3) is 3.12. The number of carboxylic acid groups (broad SMARTS) is 2. The number of nitrogens with zero attached hydrogens (tertiary/aromatic N) is 2. The summed E-state index contributed by atoms with van der Waals surface area (Å²) in [4.78, 5) is 37.0. The third-order valence-electron chi connectivity index (χ3n) is 5.76. The molecule has 0 atom stereocenters. The predicted octanol–water partition coefficient (Wildman–Crippen LogP) is 4.54. The van der Waals surface area contributed by atoms with Crippen LogP contribution in [0.15, 0.2) is 60.9 Å². The molecule has 8 heteroatoms. The second-order valence-electron chi connectivity index (χ2n) is 7.86. The first kappa shape index (κ1) is 19.5. The van der Waals surface area contributed by atoms with E-state index in [4.69, 9.17) is 0 Å². The third-order valence-corrected chi connectivity index (χ3v) is 5.76. The summed E-state index contributed by atoms with van der Waals surface area (Å²) in [5, 5.41) is 21.8. The molecule has 0 saturated carbocycles. The van der Waals surface area contributed by atoms with Gasteiger partial charge in [0.05, 0.1) is 23.4 Å². The van der Waals surface area contributed by atoms with Gasteiger partial charge in [0.2, 0.25) is 0 Å². The van der Waals surface area contributed by atoms with Gasteiger partial charge in [-0.2, -0.15) is 0 Å². The Morgan fingerprint density at radius 2 is 1.03 bits per heavy atom. The Morgan fingerprint density at radius 3 is 1.44 bits per heavy atom. The maximum Gasteiger partial charge on any atom is 0.354 e. The molecular formula is C26H14N4O4. The first-order valence-electron chi connectivity index (χ1n) is 10.3. The summed E-state index contributed by atoms with van der Waals surface area (Å²) in [5.74, 6) is 4.18. The number of aromatic carboxylic acids is 2. The molecule has 2 aromatic carbocycles. The monoisotopic (exact) mass is 446 g/mol.